The summed E-state index contributed by atoms with van der Waals surface area (Å²) in [5.41, 5.74) is 2.36. The van der Waals surface area contributed by atoms with Crippen LogP contribution in [0, 0.1) is 5.92 Å². The van der Waals surface area contributed by atoms with Gasteiger partial charge in [0, 0.05) is 18.3 Å². The number of nitrogens with one attached hydrogen (secondary N) is 3. The SMILES string of the molecule is CCOC(=O)c1cccc(NC(=O)NC[C@@H]2CC[C@@H](Cc3ccccc3)CN2)c1. The third-order valence-electron chi connectivity index (χ3n) is 5.13. The summed E-state index contributed by atoms with van der Waals surface area (Å²) in [6.07, 6.45) is 3.28. The molecule has 0 aromatic heterocycles. The van der Waals surface area contributed by atoms with Crippen molar-refractivity contribution in [1.29, 1.82) is 0 Å². The van der Waals surface area contributed by atoms with E-state index < -0.39 is 5.97 Å². The minimum atomic E-state index is -0.395. The number of ether oxygens (including phenoxy) is 1. The topological polar surface area (TPSA) is 79.5 Å². The van der Waals surface area contributed by atoms with Crippen LogP contribution in [0.15, 0.2) is 54.6 Å². The van der Waals surface area contributed by atoms with Gasteiger partial charge in [-0.05, 0) is 62.4 Å². The van der Waals surface area contributed by atoms with Crippen molar-refractivity contribution in [2.75, 3.05) is 25.0 Å². The Bertz CT molecular complexity index is 802. The van der Waals surface area contributed by atoms with E-state index in [9.17, 15) is 9.59 Å². The van der Waals surface area contributed by atoms with Gasteiger partial charge in [0.15, 0.2) is 0 Å². The Morgan fingerprint density at radius 2 is 1.93 bits per heavy atom. The third-order valence-corrected chi connectivity index (χ3v) is 5.13. The third kappa shape index (κ3) is 6.61. The van der Waals surface area contributed by atoms with E-state index in [-0.39, 0.29) is 12.1 Å². The van der Waals surface area contributed by atoms with Gasteiger partial charge in [0.2, 0.25) is 0 Å². The minimum absolute atomic E-state index is 0.277. The Kier molecular flexibility index (Phi) is 7.64. The van der Waals surface area contributed by atoms with Crippen LogP contribution in [-0.4, -0.2) is 37.7 Å². The molecule has 1 fully saturated rings. The number of piperidine rings is 1. The fraction of sp³-hybridized carbons (Fsp3) is 0.391. The van der Waals surface area contributed by atoms with Gasteiger partial charge in [-0.3, -0.25) is 0 Å². The lowest BCUT2D eigenvalue weighted by atomic mass is 9.89. The molecule has 0 bridgehead atoms. The average Bonchev–Trinajstić information content (AvgIpc) is 2.74. The molecule has 0 unspecified atom stereocenters. The summed E-state index contributed by atoms with van der Waals surface area (Å²) in [4.78, 5) is 24.0. The molecule has 1 aliphatic heterocycles. The predicted molar refractivity (Wildman–Crippen MR) is 114 cm³/mol. The fourth-order valence-electron chi connectivity index (χ4n) is 3.60. The molecule has 2 aromatic carbocycles. The van der Waals surface area contributed by atoms with Gasteiger partial charge >= 0.3 is 12.0 Å². The number of anilines is 1. The van der Waals surface area contributed by atoms with Crippen molar-refractivity contribution in [3.8, 4) is 0 Å². The number of esters is 1. The van der Waals surface area contributed by atoms with E-state index in [1.165, 1.54) is 5.56 Å². The Hall–Kier alpha value is -2.86. The molecule has 6 heteroatoms. The molecule has 6 nitrogen and oxygen atoms in total. The molecule has 1 heterocycles. The number of carbonyl (C=O) groups is 2. The molecule has 0 aliphatic carbocycles. The van der Waals surface area contributed by atoms with Gasteiger partial charge < -0.3 is 20.7 Å². The molecule has 0 radical (unpaired) electrons. The highest BCUT2D eigenvalue weighted by Crippen LogP contribution is 2.19. The van der Waals surface area contributed by atoms with Crippen LogP contribution >= 0.6 is 0 Å². The Labute approximate surface area is 172 Å². The van der Waals surface area contributed by atoms with Crippen molar-refractivity contribution in [3.63, 3.8) is 0 Å². The van der Waals surface area contributed by atoms with Crippen LogP contribution in [-0.2, 0) is 11.2 Å². The molecule has 2 aromatic rings. The first-order valence-electron chi connectivity index (χ1n) is 10.2. The number of hydrogen-bond acceptors (Lipinski definition) is 4. The Morgan fingerprint density at radius 3 is 2.66 bits per heavy atom. The lowest BCUT2D eigenvalue weighted by Crippen LogP contribution is -2.47. The molecular weight excluding hydrogens is 366 g/mol. The zero-order chi connectivity index (χ0) is 20.5. The molecule has 3 rings (SSSR count). The fourth-order valence-corrected chi connectivity index (χ4v) is 3.60. The molecule has 1 aliphatic rings. The van der Waals surface area contributed by atoms with Gasteiger partial charge in [0.25, 0.3) is 0 Å². The van der Waals surface area contributed by atoms with Gasteiger partial charge in [0.1, 0.15) is 0 Å². The zero-order valence-corrected chi connectivity index (χ0v) is 16.8. The summed E-state index contributed by atoms with van der Waals surface area (Å²) in [7, 11) is 0. The minimum Gasteiger partial charge on any atom is -0.462 e. The van der Waals surface area contributed by atoms with Crippen molar-refractivity contribution in [3.05, 3.63) is 65.7 Å². The smallest absolute Gasteiger partial charge is 0.338 e. The lowest BCUT2D eigenvalue weighted by Gasteiger charge is -2.30. The lowest BCUT2D eigenvalue weighted by molar-refractivity contribution is 0.0526. The van der Waals surface area contributed by atoms with Crippen LogP contribution in [0.25, 0.3) is 0 Å². The van der Waals surface area contributed by atoms with Crippen LogP contribution in [0.5, 0.6) is 0 Å². The molecule has 2 atom stereocenters. The monoisotopic (exact) mass is 395 g/mol. The molecule has 154 valence electrons. The largest absolute Gasteiger partial charge is 0.462 e. The Balaban J connectivity index is 1.39. The summed E-state index contributed by atoms with van der Waals surface area (Å²) >= 11 is 0. The van der Waals surface area contributed by atoms with E-state index in [2.05, 4.69) is 40.2 Å². The van der Waals surface area contributed by atoms with Crippen LogP contribution in [0.1, 0.15) is 35.7 Å². The summed E-state index contributed by atoms with van der Waals surface area (Å²) in [6.45, 7) is 3.61. The molecule has 0 saturated carbocycles. The summed E-state index contributed by atoms with van der Waals surface area (Å²) < 4.78 is 4.99. The van der Waals surface area contributed by atoms with Crippen LogP contribution < -0.4 is 16.0 Å². The molecule has 3 N–H and O–H groups in total. The first-order valence-corrected chi connectivity index (χ1v) is 10.2. The van der Waals surface area contributed by atoms with Gasteiger partial charge in [-0.25, -0.2) is 9.59 Å². The number of carbonyl (C=O) groups excluding carboxylic acids is 2. The summed E-state index contributed by atoms with van der Waals surface area (Å²) in [5, 5.41) is 9.23. The van der Waals surface area contributed by atoms with E-state index in [0.717, 1.165) is 25.8 Å². The second-order valence-electron chi connectivity index (χ2n) is 7.37. The predicted octanol–water partition coefficient (Wildman–Crippen LogP) is 3.60. The zero-order valence-electron chi connectivity index (χ0n) is 16.8. The van der Waals surface area contributed by atoms with E-state index in [0.29, 0.717) is 30.3 Å². The van der Waals surface area contributed by atoms with Gasteiger partial charge in [-0.15, -0.1) is 0 Å². The highest BCUT2D eigenvalue weighted by atomic mass is 16.5. The maximum absolute atomic E-state index is 12.2. The summed E-state index contributed by atoms with van der Waals surface area (Å²) in [6, 6.07) is 17.3. The maximum atomic E-state index is 12.2. The van der Waals surface area contributed by atoms with Gasteiger partial charge in [-0.1, -0.05) is 36.4 Å². The maximum Gasteiger partial charge on any atom is 0.338 e. The van der Waals surface area contributed by atoms with Crippen molar-refractivity contribution < 1.29 is 14.3 Å². The number of rotatable bonds is 7. The number of urea groups is 1. The quantitative estimate of drug-likeness (QED) is 0.626. The highest BCUT2D eigenvalue weighted by Gasteiger charge is 2.21. The van der Waals surface area contributed by atoms with E-state index >= 15 is 0 Å². The first-order chi connectivity index (χ1) is 14.1. The molecule has 0 spiro atoms. The number of hydrogen-bond donors (Lipinski definition) is 3. The van der Waals surface area contributed by atoms with Crippen LogP contribution in [0.2, 0.25) is 0 Å². The van der Waals surface area contributed by atoms with E-state index in [1.54, 1.807) is 31.2 Å². The van der Waals surface area contributed by atoms with E-state index in [1.807, 2.05) is 6.07 Å². The normalized spacial score (nSPS) is 18.7. The van der Waals surface area contributed by atoms with Crippen LogP contribution in [0.3, 0.4) is 0 Å². The molecule has 1 saturated heterocycles. The molecular formula is C23H29N3O3. The van der Waals surface area contributed by atoms with Crippen LogP contribution in [0.4, 0.5) is 10.5 Å². The van der Waals surface area contributed by atoms with Crippen molar-refractivity contribution in [2.45, 2.75) is 32.2 Å². The van der Waals surface area contributed by atoms with Crippen molar-refractivity contribution >= 4 is 17.7 Å². The molecule has 29 heavy (non-hydrogen) atoms. The standard InChI is InChI=1S/C23H29N3O3/c1-2-29-22(27)19-9-6-10-20(14-19)26-23(28)25-16-21-12-11-18(15-24-21)13-17-7-4-3-5-8-17/h3-10,14,18,21,24H,2,11-13,15-16H2,1H3,(H2,25,26,28)/t18-,21-/m0/s1. The Morgan fingerprint density at radius 1 is 1.10 bits per heavy atom. The van der Waals surface area contributed by atoms with Gasteiger partial charge in [-0.2, -0.15) is 0 Å². The average molecular weight is 396 g/mol. The first kappa shape index (κ1) is 20.9. The highest BCUT2D eigenvalue weighted by molar-refractivity contribution is 5.93. The number of benzene rings is 2. The van der Waals surface area contributed by atoms with Gasteiger partial charge in [0.05, 0.1) is 12.2 Å². The summed E-state index contributed by atoms with van der Waals surface area (Å²) in [5.74, 6) is 0.237. The van der Waals surface area contributed by atoms with Crippen molar-refractivity contribution in [2.24, 2.45) is 5.92 Å². The molecule has 2 amide bonds. The second-order valence-corrected chi connectivity index (χ2v) is 7.37. The van der Waals surface area contributed by atoms with E-state index in [4.69, 9.17) is 4.74 Å². The second kappa shape index (κ2) is 10.6. The number of amides is 2. The van der Waals surface area contributed by atoms with Crippen molar-refractivity contribution in [1.82, 2.24) is 10.6 Å².